The summed E-state index contributed by atoms with van der Waals surface area (Å²) in [6.07, 6.45) is 7.07. The van der Waals surface area contributed by atoms with Gasteiger partial charge < -0.3 is 66.6 Å². The molecule has 12 N–H and O–H groups in total. The minimum atomic E-state index is -1.62. The van der Waals surface area contributed by atoms with E-state index >= 15 is 0 Å². The molecule has 9 aliphatic rings. The number of carbonyl (C=O) groups excluding carboxylic acids is 1. The van der Waals surface area contributed by atoms with E-state index in [0.29, 0.717) is 64.5 Å². The van der Waals surface area contributed by atoms with E-state index in [4.69, 9.17) is 15.2 Å². The first kappa shape index (κ1) is 49.1. The minimum Gasteiger partial charge on any atom is -0.481 e. The Morgan fingerprint density at radius 2 is 1.72 bits per heavy atom. The normalized spacial score (nSPS) is 50.7. The summed E-state index contributed by atoms with van der Waals surface area (Å²) < 4.78 is 12.8. The summed E-state index contributed by atoms with van der Waals surface area (Å²) in [5, 5.41) is 88.2. The molecule has 16 nitrogen and oxygen atoms in total. The molecule has 3 aliphatic heterocycles. The first-order valence-electron chi connectivity index (χ1n) is 26.1. The molecule has 4 heterocycles. The molecule has 1 spiro atoms. The second kappa shape index (κ2) is 16.8. The maximum atomic E-state index is 14.9. The first-order valence-corrected chi connectivity index (χ1v) is 26.1. The number of rotatable bonds is 12. The molecule has 8 fully saturated rings. The highest BCUT2D eigenvalue weighted by molar-refractivity contribution is 5.86. The van der Waals surface area contributed by atoms with Crippen LogP contribution < -0.4 is 16.4 Å². The van der Waals surface area contributed by atoms with Crippen molar-refractivity contribution in [1.82, 2.24) is 20.6 Å². The number of H-pyrrole nitrogens is 1. The summed E-state index contributed by atoms with van der Waals surface area (Å²) in [6, 6.07) is -0.507. The lowest BCUT2D eigenvalue weighted by molar-refractivity contribution is -0.371. The van der Waals surface area contributed by atoms with Crippen molar-refractivity contribution in [2.24, 2.45) is 72.7 Å². The predicted octanol–water partition coefficient (Wildman–Crippen LogP) is 3.10. The molecule has 0 unspecified atom stereocenters. The van der Waals surface area contributed by atoms with Crippen LogP contribution in [0.4, 0.5) is 0 Å². The van der Waals surface area contributed by atoms with Crippen LogP contribution in [0.25, 0.3) is 0 Å². The van der Waals surface area contributed by atoms with Gasteiger partial charge in [-0.1, -0.05) is 59.1 Å². The number of aromatic amines is 1. The van der Waals surface area contributed by atoms with Crippen LogP contribution in [-0.2, 0) is 19.1 Å². The molecule has 0 aromatic carbocycles. The van der Waals surface area contributed by atoms with Crippen molar-refractivity contribution in [2.75, 3.05) is 32.9 Å². The van der Waals surface area contributed by atoms with Gasteiger partial charge in [-0.15, -0.1) is 0 Å². The molecule has 3 saturated heterocycles. The lowest BCUT2D eigenvalue weighted by Gasteiger charge is -2.80. The van der Waals surface area contributed by atoms with Crippen molar-refractivity contribution in [2.45, 2.75) is 179 Å². The van der Waals surface area contributed by atoms with Gasteiger partial charge in [0, 0.05) is 53.9 Å². The summed E-state index contributed by atoms with van der Waals surface area (Å²) >= 11 is 0. The third-order valence-corrected chi connectivity index (χ3v) is 22.5. The van der Waals surface area contributed by atoms with Gasteiger partial charge in [0.25, 0.3) is 0 Å². The van der Waals surface area contributed by atoms with Gasteiger partial charge in [0.05, 0.1) is 42.6 Å². The monoisotopic (exact) mass is 952 g/mol. The van der Waals surface area contributed by atoms with Gasteiger partial charge in [-0.2, -0.15) is 0 Å². The Bertz CT molecular complexity index is 2120. The van der Waals surface area contributed by atoms with Crippen molar-refractivity contribution in [1.29, 1.82) is 0 Å². The van der Waals surface area contributed by atoms with Gasteiger partial charge in [-0.3, -0.25) is 9.59 Å². The topological polar surface area (TPSA) is 273 Å². The smallest absolute Gasteiger partial charge is 0.310 e. The number of amides is 1. The van der Waals surface area contributed by atoms with Crippen molar-refractivity contribution >= 4 is 11.9 Å². The number of carbonyl (C=O) groups is 2. The van der Waals surface area contributed by atoms with Crippen molar-refractivity contribution < 1.29 is 54.8 Å². The molecule has 68 heavy (non-hydrogen) atoms. The Morgan fingerprint density at radius 3 is 2.38 bits per heavy atom. The molecule has 380 valence electrons. The van der Waals surface area contributed by atoms with Crippen LogP contribution in [0.15, 0.2) is 24.2 Å². The molecule has 4 bridgehead atoms. The number of nitrogens with one attached hydrogen (secondary N) is 3. The van der Waals surface area contributed by atoms with Gasteiger partial charge in [0.15, 0.2) is 6.29 Å². The molecule has 1 aromatic heterocycles. The van der Waals surface area contributed by atoms with E-state index in [1.54, 1.807) is 6.33 Å². The molecule has 10 rings (SSSR count). The number of carboxylic acids is 1. The number of imidazole rings is 1. The third-order valence-electron chi connectivity index (χ3n) is 22.5. The van der Waals surface area contributed by atoms with Gasteiger partial charge in [0.2, 0.25) is 5.91 Å². The molecule has 5 saturated carbocycles. The van der Waals surface area contributed by atoms with Gasteiger partial charge in [0.1, 0.15) is 18.3 Å². The first-order chi connectivity index (χ1) is 32.2. The molecule has 20 atom stereocenters. The average molecular weight is 952 g/mol. The lowest BCUT2D eigenvalue weighted by Crippen LogP contribution is -2.84. The van der Waals surface area contributed by atoms with Crippen LogP contribution in [0.3, 0.4) is 0 Å². The lowest BCUT2D eigenvalue weighted by atomic mass is 9.27. The van der Waals surface area contributed by atoms with Crippen LogP contribution in [0, 0.1) is 67.0 Å². The van der Waals surface area contributed by atoms with Crippen molar-refractivity contribution in [3.05, 3.63) is 29.9 Å². The van der Waals surface area contributed by atoms with Crippen molar-refractivity contribution in [3.63, 3.8) is 0 Å². The van der Waals surface area contributed by atoms with Crippen LogP contribution in [0.1, 0.15) is 136 Å². The second-order valence-corrected chi connectivity index (χ2v) is 25.1. The van der Waals surface area contributed by atoms with E-state index in [1.807, 2.05) is 13.1 Å². The summed E-state index contributed by atoms with van der Waals surface area (Å²) in [7, 11) is 0. The number of aliphatic hydroxyl groups is 6. The number of aliphatic hydroxyl groups excluding tert-OH is 6. The molecular weight excluding hydrogens is 871 g/mol. The van der Waals surface area contributed by atoms with E-state index in [1.165, 1.54) is 5.57 Å². The number of nitrogens with zero attached hydrogens (tertiary/aromatic N) is 1. The zero-order chi connectivity index (χ0) is 48.6. The molecule has 1 aromatic rings. The zero-order valence-corrected chi connectivity index (χ0v) is 41.0. The second-order valence-electron chi connectivity index (χ2n) is 25.1. The summed E-state index contributed by atoms with van der Waals surface area (Å²) in [5.74, 6) is -1.72. The fraction of sp³-hybridized carbons (Fsp3) is 0.865. The minimum absolute atomic E-state index is 0.00481. The SMILES string of the molecule is C[C@]1(CO)CC[C@]2(C(=O)O)CC[C@]3(C)C(=CC[C@@H]4[C@]5(C)[C@@H]6[C@H](C[C@]43C)NC[C@@]5(C[C@@H]3[C@@H]([C@H](CCCN)c4cnc[nH]4)NC(=O)C34CCCC4)[C@@H](O)[C@@H](O[C@@H]3OC[C@@H](O)[C@H](O)[C@H]3O)[C@@]6(C)CO)[C@@H]2C1. The number of allylic oxidation sites excluding steroid dienone is 2. The summed E-state index contributed by atoms with van der Waals surface area (Å²) in [4.78, 5) is 36.3. The Morgan fingerprint density at radius 1 is 0.985 bits per heavy atom. The number of ether oxygens (including phenoxy) is 2. The number of piperidine rings is 1. The van der Waals surface area contributed by atoms with Gasteiger partial charge >= 0.3 is 5.97 Å². The zero-order valence-electron chi connectivity index (χ0n) is 41.0. The third kappa shape index (κ3) is 6.42. The number of hydrogen-bond donors (Lipinski definition) is 11. The largest absolute Gasteiger partial charge is 0.481 e. The molecule has 6 aliphatic carbocycles. The Labute approximate surface area is 401 Å². The van der Waals surface area contributed by atoms with E-state index < -0.39 is 86.1 Å². The summed E-state index contributed by atoms with van der Waals surface area (Å²) in [5.41, 5.74) is 2.54. The number of aromatic nitrogens is 2. The number of carboxylic acid groups (broad SMARTS) is 1. The quantitative estimate of drug-likeness (QED) is 0.106. The Balaban J connectivity index is 1.16. The van der Waals surface area contributed by atoms with E-state index in [9.17, 15) is 45.3 Å². The molecule has 1 amide bonds. The van der Waals surface area contributed by atoms with Crippen molar-refractivity contribution in [3.8, 4) is 0 Å². The van der Waals surface area contributed by atoms with E-state index in [0.717, 1.165) is 44.2 Å². The standard InChI is InChI=1S/C52H81N5O11/c1-45(25-58)14-16-51(44(65)66)17-15-47(3)29(30(51)19-45)10-11-35-48(47,4)21-32-39-46(2,26-59)41(68-42-38(62)37(61)34(60)23-67-42)40(63)52(24-55-32,49(35,39)5)20-31-36(57-43(64)50(31)12-6-7-13-50)28(9-8-18-53)33-22-54-27-56-33/h10,22,27-28,30-32,34-42,55,58-63H,6-9,11-21,23-26,53H2,1-5H3,(H,54,56)(H,57,64)(H,65,66)/t28-,30+,31-,32+,34-,35+,36-,37+,38-,39-,40+,41-,42+,45+,46+,47-,48-,49-,51+,52+/m1/s1. The van der Waals surface area contributed by atoms with Crippen LogP contribution in [0.2, 0.25) is 0 Å². The average Bonchev–Trinajstić information content (AvgIpc) is 4.09. The van der Waals surface area contributed by atoms with Gasteiger partial charge in [-0.05, 0) is 129 Å². The number of nitrogens with two attached hydrogens (primary N) is 1. The molecule has 16 heteroatoms. The fourth-order valence-corrected chi connectivity index (χ4v) is 18.6. The van der Waals surface area contributed by atoms with Crippen LogP contribution in [0.5, 0.6) is 0 Å². The predicted molar refractivity (Wildman–Crippen MR) is 249 cm³/mol. The summed E-state index contributed by atoms with van der Waals surface area (Å²) in [6.45, 7) is 11.4. The maximum absolute atomic E-state index is 14.9. The van der Waals surface area contributed by atoms with E-state index in [-0.39, 0.29) is 67.4 Å². The molecule has 0 radical (unpaired) electrons. The van der Waals surface area contributed by atoms with E-state index in [2.05, 4.69) is 54.4 Å². The molecular formula is C52H81N5O11. The Kier molecular flexibility index (Phi) is 12.1. The maximum Gasteiger partial charge on any atom is 0.310 e. The fourth-order valence-electron chi connectivity index (χ4n) is 18.6. The highest BCUT2D eigenvalue weighted by atomic mass is 16.7. The Hall–Kier alpha value is -2.51. The highest BCUT2D eigenvalue weighted by Gasteiger charge is 2.81. The van der Waals surface area contributed by atoms with Gasteiger partial charge in [-0.25, -0.2) is 4.98 Å². The van der Waals surface area contributed by atoms with Crippen LogP contribution >= 0.6 is 0 Å². The van der Waals surface area contributed by atoms with Crippen LogP contribution in [-0.4, -0.2) is 139 Å². The number of aliphatic carboxylic acids is 1. The highest BCUT2D eigenvalue weighted by Crippen LogP contribution is 2.80. The number of fused-ring (bicyclic) bond motifs is 5. The number of hydrogen-bond acceptors (Lipinski definition) is 13.